The highest BCUT2D eigenvalue weighted by molar-refractivity contribution is 6.33. The molecule has 0 radical (unpaired) electrons. The van der Waals surface area contributed by atoms with Crippen LogP contribution in [-0.2, 0) is 33.0 Å². The van der Waals surface area contributed by atoms with Crippen molar-refractivity contribution in [1.29, 1.82) is 0 Å². The number of benzene rings is 2. The van der Waals surface area contributed by atoms with Crippen molar-refractivity contribution in [3.63, 3.8) is 0 Å². The molecule has 0 aliphatic carbocycles. The molecule has 180 valence electrons. The number of halogens is 1. The number of fused-ring (bicyclic) bond motifs is 5. The molecule has 2 aromatic heterocycles. The van der Waals surface area contributed by atoms with E-state index in [0.717, 1.165) is 10.9 Å². The second kappa shape index (κ2) is 7.93. The fourth-order valence-corrected chi connectivity index (χ4v) is 5.24. The molecule has 0 amide bonds. The van der Waals surface area contributed by atoms with Crippen LogP contribution in [0.25, 0.3) is 22.3 Å². The average Bonchev–Trinajstić information content (AvgIpc) is 3.23. The summed E-state index contributed by atoms with van der Waals surface area (Å²) < 4.78 is 12.8. The summed E-state index contributed by atoms with van der Waals surface area (Å²) in [6, 6.07) is 15.5. The maximum absolute atomic E-state index is 13.6. The average molecular weight is 502 g/mol. The van der Waals surface area contributed by atoms with Gasteiger partial charge in [0.15, 0.2) is 0 Å². The second-order valence-corrected chi connectivity index (χ2v) is 9.26. The molecule has 8 nitrogen and oxygen atoms in total. The molecule has 2 aliphatic heterocycles. The molecule has 0 unspecified atom stereocenters. The molecule has 6 rings (SSSR count). The zero-order chi connectivity index (χ0) is 25.2. The number of nitrogens with two attached hydrogens (primary N) is 1. The summed E-state index contributed by atoms with van der Waals surface area (Å²) in [6.45, 7) is 1.79. The summed E-state index contributed by atoms with van der Waals surface area (Å²) in [7, 11) is 0. The first-order valence-electron chi connectivity index (χ1n) is 11.4. The van der Waals surface area contributed by atoms with E-state index >= 15 is 0 Å². The Hall–Kier alpha value is -4.17. The zero-order valence-corrected chi connectivity index (χ0v) is 20.0. The van der Waals surface area contributed by atoms with Crippen molar-refractivity contribution in [2.45, 2.75) is 32.1 Å². The predicted molar refractivity (Wildman–Crippen MR) is 134 cm³/mol. The zero-order valence-electron chi connectivity index (χ0n) is 19.2. The lowest BCUT2D eigenvalue weighted by atomic mass is 9.85. The molecule has 0 spiro atoms. The summed E-state index contributed by atoms with van der Waals surface area (Å²) in [5, 5.41) is 0.994. The van der Waals surface area contributed by atoms with E-state index < -0.39 is 17.5 Å². The summed E-state index contributed by atoms with van der Waals surface area (Å²) in [4.78, 5) is 44.7. The molecule has 4 aromatic rings. The van der Waals surface area contributed by atoms with Crippen molar-refractivity contribution in [3.05, 3.63) is 92.2 Å². The SMILES string of the molecule is CC[C@@]1(OC(=O)c2ccccc2Cl)C(=O)OCc2c1cc1n(c2=O)Cc2cc3c(N)cccc3nc2-1. The maximum Gasteiger partial charge on any atom is 0.355 e. The first-order chi connectivity index (χ1) is 17.3. The number of cyclic esters (lactones) is 1. The smallest absolute Gasteiger partial charge is 0.355 e. The molecule has 0 fully saturated rings. The Morgan fingerprint density at radius 3 is 2.78 bits per heavy atom. The van der Waals surface area contributed by atoms with E-state index in [2.05, 4.69) is 0 Å². The molecule has 2 N–H and O–H groups in total. The van der Waals surface area contributed by atoms with Gasteiger partial charge in [-0.25, -0.2) is 14.6 Å². The molecular formula is C27H20ClN3O5. The van der Waals surface area contributed by atoms with Gasteiger partial charge in [-0.3, -0.25) is 4.79 Å². The third kappa shape index (κ3) is 3.07. The molecule has 4 heterocycles. The van der Waals surface area contributed by atoms with Crippen LogP contribution in [0.4, 0.5) is 5.69 Å². The number of nitrogens with zero attached hydrogens (tertiary/aromatic N) is 2. The predicted octanol–water partition coefficient (Wildman–Crippen LogP) is 4.18. The number of hydrogen-bond acceptors (Lipinski definition) is 7. The van der Waals surface area contributed by atoms with Crippen LogP contribution < -0.4 is 11.3 Å². The summed E-state index contributed by atoms with van der Waals surface area (Å²) in [5.41, 5.74) is 7.99. The first-order valence-corrected chi connectivity index (χ1v) is 11.8. The van der Waals surface area contributed by atoms with Gasteiger partial charge in [0.2, 0.25) is 5.60 Å². The van der Waals surface area contributed by atoms with Crippen LogP contribution in [0.2, 0.25) is 5.02 Å². The van der Waals surface area contributed by atoms with E-state index in [1.165, 1.54) is 6.07 Å². The van der Waals surface area contributed by atoms with Crippen molar-refractivity contribution in [3.8, 4) is 11.4 Å². The van der Waals surface area contributed by atoms with Crippen molar-refractivity contribution in [2.24, 2.45) is 0 Å². The van der Waals surface area contributed by atoms with Crippen molar-refractivity contribution in [1.82, 2.24) is 9.55 Å². The minimum atomic E-state index is -1.80. The lowest BCUT2D eigenvalue weighted by Crippen LogP contribution is -2.47. The molecule has 9 heteroatoms. The second-order valence-electron chi connectivity index (χ2n) is 8.85. The minimum Gasteiger partial charge on any atom is -0.457 e. The van der Waals surface area contributed by atoms with E-state index in [1.54, 1.807) is 41.8 Å². The maximum atomic E-state index is 13.6. The van der Waals surface area contributed by atoms with Crippen LogP contribution >= 0.6 is 11.6 Å². The normalized spacial score (nSPS) is 17.8. The summed E-state index contributed by atoms with van der Waals surface area (Å²) in [6.07, 6.45) is 0.0620. The van der Waals surface area contributed by atoms with E-state index in [1.807, 2.05) is 18.2 Å². The van der Waals surface area contributed by atoms with Crippen LogP contribution in [0.3, 0.4) is 0 Å². The Morgan fingerprint density at radius 2 is 2.00 bits per heavy atom. The Bertz CT molecular complexity index is 1680. The number of anilines is 1. The highest BCUT2D eigenvalue weighted by atomic mass is 35.5. The van der Waals surface area contributed by atoms with Gasteiger partial charge in [0.25, 0.3) is 5.56 Å². The standard InChI is InChI=1S/C27H20ClN3O5/c1-2-27(36-25(33)15-6-3-4-7-19(15)28)18-11-22-23-14(10-16-20(29)8-5-9-21(16)30-23)12-31(22)24(32)17(18)13-35-26(27)34/h3-11H,2,12-13,29H2,1H3/t27-/m0/s1. The van der Waals surface area contributed by atoms with Crippen molar-refractivity contribution >= 4 is 40.1 Å². The van der Waals surface area contributed by atoms with Crippen LogP contribution in [0, 0.1) is 0 Å². The number of esters is 2. The van der Waals surface area contributed by atoms with Crippen LogP contribution in [0.5, 0.6) is 0 Å². The van der Waals surface area contributed by atoms with E-state index in [9.17, 15) is 14.4 Å². The molecule has 36 heavy (non-hydrogen) atoms. The number of hydrogen-bond donors (Lipinski definition) is 1. The van der Waals surface area contributed by atoms with Gasteiger partial charge < -0.3 is 19.8 Å². The Balaban J connectivity index is 1.54. The highest BCUT2D eigenvalue weighted by Crippen LogP contribution is 2.41. The molecule has 0 saturated carbocycles. The van der Waals surface area contributed by atoms with E-state index in [-0.39, 0.29) is 34.7 Å². The number of aromatic nitrogens is 2. The fraction of sp³-hybridized carbons (Fsp3) is 0.185. The van der Waals surface area contributed by atoms with Gasteiger partial charge in [0.1, 0.15) is 6.61 Å². The van der Waals surface area contributed by atoms with Crippen molar-refractivity contribution < 1.29 is 19.1 Å². The Kier molecular flexibility index (Phi) is 4.91. The van der Waals surface area contributed by atoms with E-state index in [0.29, 0.717) is 34.7 Å². The van der Waals surface area contributed by atoms with Gasteiger partial charge in [0.05, 0.1) is 39.6 Å². The van der Waals surface area contributed by atoms with Gasteiger partial charge in [0, 0.05) is 22.2 Å². The monoisotopic (exact) mass is 501 g/mol. The number of nitrogen functional groups attached to an aromatic ring is 1. The van der Waals surface area contributed by atoms with Crippen LogP contribution in [-0.4, -0.2) is 21.5 Å². The molecule has 2 aromatic carbocycles. The van der Waals surface area contributed by atoms with E-state index in [4.69, 9.17) is 31.8 Å². The van der Waals surface area contributed by atoms with Gasteiger partial charge in [-0.2, -0.15) is 0 Å². The largest absolute Gasteiger partial charge is 0.457 e. The van der Waals surface area contributed by atoms with Gasteiger partial charge in [-0.15, -0.1) is 0 Å². The molecule has 1 atom stereocenters. The summed E-state index contributed by atoms with van der Waals surface area (Å²) in [5.74, 6) is -1.52. The number of rotatable bonds is 3. The molecular weight excluding hydrogens is 482 g/mol. The lowest BCUT2D eigenvalue weighted by molar-refractivity contribution is -0.173. The highest BCUT2D eigenvalue weighted by Gasteiger charge is 2.50. The third-order valence-corrected chi connectivity index (χ3v) is 7.24. The minimum absolute atomic E-state index is 0.0620. The van der Waals surface area contributed by atoms with Crippen molar-refractivity contribution in [2.75, 3.05) is 5.73 Å². The topological polar surface area (TPSA) is 114 Å². The lowest BCUT2D eigenvalue weighted by Gasteiger charge is -2.35. The number of carbonyl (C=O) groups excluding carboxylic acids is 2. The fourth-order valence-electron chi connectivity index (χ4n) is 5.02. The molecule has 0 bridgehead atoms. The van der Waals surface area contributed by atoms with Gasteiger partial charge in [-0.05, 0) is 42.8 Å². The molecule has 0 saturated heterocycles. The van der Waals surface area contributed by atoms with Crippen LogP contribution in [0.1, 0.15) is 40.4 Å². The van der Waals surface area contributed by atoms with Crippen LogP contribution in [0.15, 0.2) is 59.4 Å². The first kappa shape index (κ1) is 22.3. The molecule has 2 aliphatic rings. The number of carbonyl (C=O) groups is 2. The summed E-state index contributed by atoms with van der Waals surface area (Å²) >= 11 is 6.19. The van der Waals surface area contributed by atoms with Gasteiger partial charge >= 0.3 is 11.9 Å². The quantitative estimate of drug-likeness (QED) is 0.291. The number of pyridine rings is 2. The van der Waals surface area contributed by atoms with Gasteiger partial charge in [-0.1, -0.05) is 36.7 Å². The number of ether oxygens (including phenoxy) is 2. The Morgan fingerprint density at radius 1 is 1.19 bits per heavy atom. The Labute approximate surface area is 210 Å². The third-order valence-electron chi connectivity index (χ3n) is 6.91.